The number of hydrogen-bond acceptors (Lipinski definition) is 4. The summed E-state index contributed by atoms with van der Waals surface area (Å²) in [7, 11) is 1.55. The van der Waals surface area contributed by atoms with Gasteiger partial charge in [-0.1, -0.05) is 32.0 Å². The summed E-state index contributed by atoms with van der Waals surface area (Å²) in [5.41, 5.74) is 0.681. The van der Waals surface area contributed by atoms with Crippen molar-refractivity contribution < 1.29 is 23.4 Å². The number of Topliss-reactive ketones (excluding diaryl/α,β-unsaturated/α-hetero) is 1. The monoisotopic (exact) mass is 445 g/mol. The van der Waals surface area contributed by atoms with E-state index < -0.39 is 17.0 Å². The second-order valence-corrected chi connectivity index (χ2v) is 7.88. The van der Waals surface area contributed by atoms with Gasteiger partial charge in [-0.25, -0.2) is 8.78 Å². The molecule has 0 amide bonds. The average molecular weight is 446 g/mol. The second kappa shape index (κ2) is 11.9. The van der Waals surface area contributed by atoms with Crippen LogP contribution in [0.1, 0.15) is 57.6 Å². The molecule has 0 saturated heterocycles. The van der Waals surface area contributed by atoms with Crippen molar-refractivity contribution >= 4 is 11.5 Å². The fraction of sp³-hybridized carbons (Fsp3) is 0.462. The van der Waals surface area contributed by atoms with Crippen LogP contribution in [0.2, 0.25) is 0 Å². The van der Waals surface area contributed by atoms with Crippen LogP contribution in [-0.2, 0) is 10.2 Å². The van der Waals surface area contributed by atoms with Crippen LogP contribution in [0.4, 0.5) is 8.78 Å². The van der Waals surface area contributed by atoms with Gasteiger partial charge in [-0.05, 0) is 44.0 Å². The third-order valence-corrected chi connectivity index (χ3v) is 5.91. The van der Waals surface area contributed by atoms with E-state index in [4.69, 9.17) is 4.74 Å². The molecule has 1 aliphatic heterocycles. The molecule has 2 aromatic carbocycles. The summed E-state index contributed by atoms with van der Waals surface area (Å²) in [4.78, 5) is 16.7. The highest BCUT2D eigenvalue weighted by molar-refractivity contribution is 6.02. The molecule has 2 aromatic rings. The Balaban J connectivity index is 0.00000176. The predicted molar refractivity (Wildman–Crippen MR) is 124 cm³/mol. The predicted octanol–water partition coefficient (Wildman–Crippen LogP) is 5.50. The van der Waals surface area contributed by atoms with Crippen molar-refractivity contribution in [3.63, 3.8) is 0 Å². The molecular weight excluding hydrogens is 412 g/mol. The van der Waals surface area contributed by atoms with E-state index in [0.29, 0.717) is 30.9 Å². The minimum atomic E-state index is -0.691. The highest BCUT2D eigenvalue weighted by Gasteiger charge is 2.46. The Morgan fingerprint density at radius 3 is 2.56 bits per heavy atom. The van der Waals surface area contributed by atoms with E-state index in [1.807, 2.05) is 38.1 Å². The quantitative estimate of drug-likeness (QED) is 0.546. The third kappa shape index (κ3) is 5.60. The molecule has 0 aliphatic carbocycles. The van der Waals surface area contributed by atoms with E-state index in [2.05, 4.69) is 4.99 Å². The van der Waals surface area contributed by atoms with E-state index in [0.717, 1.165) is 23.8 Å². The van der Waals surface area contributed by atoms with Crippen LogP contribution in [0.5, 0.6) is 5.75 Å². The minimum Gasteiger partial charge on any atom is -0.493 e. The van der Waals surface area contributed by atoms with Crippen molar-refractivity contribution in [3.05, 3.63) is 65.2 Å². The van der Waals surface area contributed by atoms with Gasteiger partial charge in [-0.2, -0.15) is 0 Å². The second-order valence-electron chi connectivity index (χ2n) is 7.88. The number of carbonyl (C=O) groups excluding carboxylic acids is 1. The summed E-state index contributed by atoms with van der Waals surface area (Å²) in [5.74, 6) is -0.499. The topological polar surface area (TPSA) is 58.9 Å². The molecular formula is C26H33F2NO3. The maximum atomic E-state index is 14.6. The van der Waals surface area contributed by atoms with Crippen molar-refractivity contribution in [2.75, 3.05) is 20.3 Å². The highest BCUT2D eigenvalue weighted by Crippen LogP contribution is 2.49. The number of ketones is 1. The summed E-state index contributed by atoms with van der Waals surface area (Å²) in [5, 5.41) is 9.39. The van der Waals surface area contributed by atoms with E-state index in [9.17, 15) is 18.7 Å². The van der Waals surface area contributed by atoms with E-state index in [-0.39, 0.29) is 36.7 Å². The molecule has 0 saturated carbocycles. The molecule has 174 valence electrons. The van der Waals surface area contributed by atoms with Gasteiger partial charge in [0, 0.05) is 54.7 Å². The van der Waals surface area contributed by atoms with Crippen LogP contribution in [0.25, 0.3) is 0 Å². The number of fused-ring (bicyclic) bond motifs is 1. The molecule has 2 unspecified atom stereocenters. The molecule has 0 bridgehead atoms. The number of hydrogen-bond donors (Lipinski definition) is 1. The molecule has 1 N–H and O–H groups in total. The number of nitrogens with zero attached hydrogens (tertiary/aromatic N) is 1. The number of benzene rings is 2. The molecule has 0 aromatic heterocycles. The zero-order valence-electron chi connectivity index (χ0n) is 19.3. The number of carbonyl (C=O) groups is 1. The lowest BCUT2D eigenvalue weighted by molar-refractivity contribution is -0.119. The normalized spacial score (nSPS) is 20.0. The lowest BCUT2D eigenvalue weighted by Crippen LogP contribution is -2.45. The van der Waals surface area contributed by atoms with Gasteiger partial charge in [-0.15, -0.1) is 0 Å². The first-order valence-electron chi connectivity index (χ1n) is 11.1. The first-order valence-corrected chi connectivity index (χ1v) is 11.1. The number of aliphatic imine (C=N–C) groups is 1. The lowest BCUT2D eigenvalue weighted by Gasteiger charge is -2.45. The van der Waals surface area contributed by atoms with Crippen LogP contribution in [0.3, 0.4) is 0 Å². The maximum Gasteiger partial charge on any atom is 0.132 e. The summed E-state index contributed by atoms with van der Waals surface area (Å²) >= 11 is 0. The van der Waals surface area contributed by atoms with Gasteiger partial charge in [0.15, 0.2) is 0 Å². The molecule has 32 heavy (non-hydrogen) atoms. The fourth-order valence-electron chi connectivity index (χ4n) is 4.57. The van der Waals surface area contributed by atoms with Crippen LogP contribution in [0.15, 0.2) is 47.5 Å². The van der Waals surface area contributed by atoms with Gasteiger partial charge in [0.25, 0.3) is 0 Å². The Morgan fingerprint density at radius 2 is 1.91 bits per heavy atom. The van der Waals surface area contributed by atoms with Gasteiger partial charge in [0.2, 0.25) is 0 Å². The Bertz CT molecular complexity index is 944. The highest BCUT2D eigenvalue weighted by atomic mass is 19.1. The summed E-state index contributed by atoms with van der Waals surface area (Å²) in [6.07, 6.45) is 1.68. The molecule has 3 rings (SSSR count). The first kappa shape index (κ1) is 25.7. The molecule has 4 nitrogen and oxygen atoms in total. The van der Waals surface area contributed by atoms with Crippen molar-refractivity contribution in [2.45, 2.75) is 51.9 Å². The number of halogens is 2. The van der Waals surface area contributed by atoms with Gasteiger partial charge in [-0.3, -0.25) is 9.79 Å². The van der Waals surface area contributed by atoms with Crippen LogP contribution in [-0.4, -0.2) is 36.9 Å². The van der Waals surface area contributed by atoms with Crippen LogP contribution >= 0.6 is 0 Å². The maximum absolute atomic E-state index is 14.6. The standard InChI is InChI=1S/C24H27F2NO3.C2H6/c1-16(29)13-24(14-22(27-2)19-12-18(25)9-10-21(19)26)17(6-5-11-28)15-30-23-8-4-3-7-20(23)24;1-2/h3-4,7-10,12,17,28H,5-6,11,13-15H2,1-2H3;1-2H3. The number of rotatable bonds is 8. The van der Waals surface area contributed by atoms with Crippen LogP contribution in [0, 0.1) is 17.6 Å². The zero-order valence-corrected chi connectivity index (χ0v) is 19.3. The molecule has 6 heteroatoms. The van der Waals surface area contributed by atoms with Gasteiger partial charge < -0.3 is 9.84 Å². The summed E-state index contributed by atoms with van der Waals surface area (Å²) in [6, 6.07) is 10.9. The SMILES string of the molecule is CC.CN=C(CC1(CC(C)=O)c2ccccc2OCC1CCCO)c1cc(F)ccc1F. The van der Waals surface area contributed by atoms with E-state index in [1.165, 1.54) is 6.92 Å². The van der Waals surface area contributed by atoms with Crippen molar-refractivity contribution in [1.29, 1.82) is 0 Å². The lowest BCUT2D eigenvalue weighted by atomic mass is 9.61. The Kier molecular flexibility index (Phi) is 9.51. The smallest absolute Gasteiger partial charge is 0.132 e. The summed E-state index contributed by atoms with van der Waals surface area (Å²) in [6.45, 7) is 5.95. The van der Waals surface area contributed by atoms with Crippen LogP contribution < -0.4 is 4.74 Å². The first-order chi connectivity index (χ1) is 15.4. The Labute approximate surface area is 189 Å². The number of para-hydroxylation sites is 1. The Morgan fingerprint density at radius 1 is 1.19 bits per heavy atom. The summed E-state index contributed by atoms with van der Waals surface area (Å²) < 4.78 is 34.4. The molecule has 0 fully saturated rings. The van der Waals surface area contributed by atoms with Gasteiger partial charge in [0.05, 0.1) is 6.61 Å². The fourth-order valence-corrected chi connectivity index (χ4v) is 4.57. The minimum absolute atomic E-state index is 0.00383. The van der Waals surface area contributed by atoms with Gasteiger partial charge >= 0.3 is 0 Å². The zero-order chi connectivity index (χ0) is 23.7. The molecule has 0 radical (unpaired) electrons. The van der Waals surface area contributed by atoms with E-state index >= 15 is 0 Å². The number of aliphatic hydroxyl groups excluding tert-OH is 1. The average Bonchev–Trinajstić information content (AvgIpc) is 2.80. The largest absolute Gasteiger partial charge is 0.493 e. The number of ether oxygens (including phenoxy) is 1. The van der Waals surface area contributed by atoms with Crippen molar-refractivity contribution in [2.24, 2.45) is 10.9 Å². The molecule has 1 aliphatic rings. The van der Waals surface area contributed by atoms with E-state index in [1.54, 1.807) is 7.05 Å². The third-order valence-electron chi connectivity index (χ3n) is 5.91. The molecule has 1 heterocycles. The van der Waals surface area contributed by atoms with Gasteiger partial charge in [0.1, 0.15) is 23.2 Å². The Hall–Kier alpha value is -2.60. The molecule has 2 atom stereocenters. The number of aliphatic hydroxyl groups is 1. The van der Waals surface area contributed by atoms with Crippen molar-refractivity contribution in [3.8, 4) is 5.75 Å². The van der Waals surface area contributed by atoms with Crippen molar-refractivity contribution in [1.82, 2.24) is 0 Å². The molecule has 0 spiro atoms.